The topological polar surface area (TPSA) is 307 Å². The second kappa shape index (κ2) is 66.6. The Labute approximate surface area is 638 Å². The van der Waals surface area contributed by atoms with Gasteiger partial charge in [-0.1, -0.05) is 359 Å². The summed E-state index contributed by atoms with van der Waals surface area (Å²) < 4.78 is 34.4. The molecule has 17 unspecified atom stereocenters. The van der Waals surface area contributed by atoms with Gasteiger partial charge in [-0.05, 0) is 44.9 Å². The molecular formula is C86H161NO18. The van der Waals surface area contributed by atoms with Crippen molar-refractivity contribution in [2.75, 3.05) is 26.4 Å². The Morgan fingerprint density at radius 1 is 0.333 bits per heavy atom. The van der Waals surface area contributed by atoms with Crippen LogP contribution in [0.15, 0.2) is 36.5 Å². The Balaban J connectivity index is 1.30. The second-order valence-corrected chi connectivity index (χ2v) is 31.3. The van der Waals surface area contributed by atoms with Crippen LogP contribution in [0.1, 0.15) is 373 Å². The van der Waals surface area contributed by atoms with Gasteiger partial charge >= 0.3 is 0 Å². The third-order valence-electron chi connectivity index (χ3n) is 21.9. The SMILES string of the molecule is CCCCCCCCCCCC/C=C/CC/C=C/CC/C=C/C(O)C(COC1OC(CO)C(OC2OC(CO)C(OC3OC(CO)C(O)C(O)C3O)C(O)C2O)C(O)C1O)NC(=O)CCCCCCCCCCCCCCCCCCCCCCCCCCCCCCCCCCCCCCCCCC. The fraction of sp³-hybridized carbons (Fsp3) is 0.919. The summed E-state index contributed by atoms with van der Waals surface area (Å²) in [7, 11) is 0. The van der Waals surface area contributed by atoms with Crippen LogP contribution in [-0.4, -0.2) is 193 Å². The third kappa shape index (κ3) is 46.0. The third-order valence-corrected chi connectivity index (χ3v) is 21.9. The van der Waals surface area contributed by atoms with E-state index in [1.165, 1.54) is 295 Å². The summed E-state index contributed by atoms with van der Waals surface area (Å²) in [5, 5.41) is 121. The number of hydrogen-bond donors (Lipinski definition) is 12. The van der Waals surface area contributed by atoms with Crippen molar-refractivity contribution in [1.29, 1.82) is 0 Å². The van der Waals surface area contributed by atoms with Crippen LogP contribution in [0.2, 0.25) is 0 Å². The number of hydrogen-bond acceptors (Lipinski definition) is 18. The fourth-order valence-electron chi connectivity index (χ4n) is 14.9. The first kappa shape index (κ1) is 97.2. The van der Waals surface area contributed by atoms with E-state index in [0.29, 0.717) is 12.8 Å². The number of carbonyl (C=O) groups is 1. The van der Waals surface area contributed by atoms with Gasteiger partial charge in [0.05, 0.1) is 38.6 Å². The molecule has 3 fully saturated rings. The fourth-order valence-corrected chi connectivity index (χ4v) is 14.9. The largest absolute Gasteiger partial charge is 0.394 e. The zero-order valence-electron chi connectivity index (χ0n) is 66.5. The molecular weight excluding hydrogens is 1330 g/mol. The van der Waals surface area contributed by atoms with Gasteiger partial charge in [0.25, 0.3) is 0 Å². The predicted octanol–water partition coefficient (Wildman–Crippen LogP) is 15.9. The zero-order chi connectivity index (χ0) is 76.0. The van der Waals surface area contributed by atoms with Crippen molar-refractivity contribution < 1.29 is 89.4 Å². The molecule has 0 aromatic rings. The monoisotopic (exact) mass is 1500 g/mol. The van der Waals surface area contributed by atoms with Gasteiger partial charge in [-0.3, -0.25) is 4.79 Å². The number of ether oxygens (including phenoxy) is 6. The van der Waals surface area contributed by atoms with E-state index in [1.807, 2.05) is 6.08 Å². The Kier molecular flexibility index (Phi) is 61.7. The number of allylic oxidation sites excluding steroid dienone is 5. The molecule has 618 valence electrons. The van der Waals surface area contributed by atoms with Gasteiger partial charge < -0.3 is 89.9 Å². The highest BCUT2D eigenvalue weighted by Crippen LogP contribution is 2.33. The molecule has 3 rings (SSSR count). The van der Waals surface area contributed by atoms with Crippen LogP contribution in [0.4, 0.5) is 0 Å². The molecule has 105 heavy (non-hydrogen) atoms. The highest BCUT2D eigenvalue weighted by atomic mass is 16.8. The van der Waals surface area contributed by atoms with Gasteiger partial charge in [0.1, 0.15) is 73.2 Å². The summed E-state index contributed by atoms with van der Waals surface area (Å²) in [6.45, 7) is 1.76. The number of aliphatic hydroxyl groups is 11. The molecule has 3 aliphatic heterocycles. The van der Waals surface area contributed by atoms with E-state index in [0.717, 1.165) is 44.9 Å². The number of unbranched alkanes of at least 4 members (excludes halogenated alkanes) is 51. The molecule has 19 heteroatoms. The lowest BCUT2D eigenvalue weighted by Crippen LogP contribution is -2.66. The number of nitrogens with one attached hydrogen (secondary N) is 1. The molecule has 0 aromatic heterocycles. The Morgan fingerprint density at radius 2 is 0.610 bits per heavy atom. The first-order valence-corrected chi connectivity index (χ1v) is 43.7. The van der Waals surface area contributed by atoms with Crippen LogP contribution < -0.4 is 5.32 Å². The zero-order valence-corrected chi connectivity index (χ0v) is 66.5. The van der Waals surface area contributed by atoms with Crippen molar-refractivity contribution in [2.45, 2.75) is 478 Å². The van der Waals surface area contributed by atoms with Gasteiger partial charge in [-0.25, -0.2) is 0 Å². The van der Waals surface area contributed by atoms with E-state index in [9.17, 15) is 61.0 Å². The lowest BCUT2D eigenvalue weighted by Gasteiger charge is -2.48. The molecule has 3 aliphatic rings. The van der Waals surface area contributed by atoms with Crippen molar-refractivity contribution in [1.82, 2.24) is 5.32 Å². The first-order chi connectivity index (χ1) is 51.3. The summed E-state index contributed by atoms with van der Waals surface area (Å²) >= 11 is 0. The normalized spacial score (nSPS) is 25.9. The van der Waals surface area contributed by atoms with Gasteiger partial charge in [0.2, 0.25) is 5.91 Å². The average molecular weight is 1500 g/mol. The standard InChI is InChI=1S/C86H161NO18/c1-3-5-7-9-11-13-15-17-19-21-23-25-26-27-28-29-30-31-32-33-34-35-36-37-38-39-40-41-42-43-44-46-48-50-52-54-56-58-60-62-64-74(92)87-69(70(91)63-61-59-57-55-53-51-49-47-45-24-22-20-18-16-14-12-10-8-6-4-2)68-100-84-80(98)77(95)82(72(66-89)102-84)105-86-81(99)78(96)83(73(67-90)103-86)104-85-79(97)76(94)75(93)71(65-88)101-85/h45,47,53,55,61,63,69-73,75-86,88-91,93-99H,3-44,46,48-52,54,56-60,62,64-68H2,1-2H3,(H,87,92)/b47-45+,55-53+,63-61+. The number of aliphatic hydroxyl groups excluding tert-OH is 11. The smallest absolute Gasteiger partial charge is 0.220 e. The van der Waals surface area contributed by atoms with Crippen molar-refractivity contribution in [3.8, 4) is 0 Å². The predicted molar refractivity (Wildman–Crippen MR) is 420 cm³/mol. The highest BCUT2D eigenvalue weighted by molar-refractivity contribution is 5.76. The summed E-state index contributed by atoms with van der Waals surface area (Å²) in [5.41, 5.74) is 0. The summed E-state index contributed by atoms with van der Waals surface area (Å²) in [6, 6.07) is -0.996. The molecule has 17 atom stereocenters. The van der Waals surface area contributed by atoms with Crippen LogP contribution in [0, 0.1) is 0 Å². The van der Waals surface area contributed by atoms with Crippen LogP contribution in [-0.2, 0) is 33.2 Å². The van der Waals surface area contributed by atoms with E-state index in [-0.39, 0.29) is 18.9 Å². The lowest BCUT2D eigenvalue weighted by molar-refractivity contribution is -0.379. The minimum Gasteiger partial charge on any atom is -0.394 e. The highest BCUT2D eigenvalue weighted by Gasteiger charge is 2.54. The van der Waals surface area contributed by atoms with Crippen LogP contribution in [0.5, 0.6) is 0 Å². The minimum atomic E-state index is -1.98. The molecule has 0 aromatic carbocycles. The molecule has 0 saturated carbocycles. The van der Waals surface area contributed by atoms with E-state index in [2.05, 4.69) is 43.5 Å². The maximum atomic E-state index is 13.5. The quantitative estimate of drug-likeness (QED) is 0.0199. The van der Waals surface area contributed by atoms with E-state index in [4.69, 9.17) is 28.4 Å². The molecule has 19 nitrogen and oxygen atoms in total. The van der Waals surface area contributed by atoms with Crippen molar-refractivity contribution >= 4 is 5.91 Å². The van der Waals surface area contributed by atoms with Crippen LogP contribution in [0.25, 0.3) is 0 Å². The number of carbonyl (C=O) groups excluding carboxylic acids is 1. The minimum absolute atomic E-state index is 0.236. The van der Waals surface area contributed by atoms with Crippen LogP contribution >= 0.6 is 0 Å². The maximum absolute atomic E-state index is 13.5. The summed E-state index contributed by atoms with van der Waals surface area (Å²) in [6.07, 6.45) is 57.5. The van der Waals surface area contributed by atoms with Crippen molar-refractivity contribution in [2.24, 2.45) is 0 Å². The lowest BCUT2D eigenvalue weighted by atomic mass is 9.96. The van der Waals surface area contributed by atoms with E-state index < -0.39 is 124 Å². The molecule has 12 N–H and O–H groups in total. The number of rotatable bonds is 71. The summed E-state index contributed by atoms with van der Waals surface area (Å²) in [4.78, 5) is 13.5. The second-order valence-electron chi connectivity index (χ2n) is 31.3. The molecule has 0 spiro atoms. The first-order valence-electron chi connectivity index (χ1n) is 43.7. The molecule has 0 radical (unpaired) electrons. The molecule has 0 bridgehead atoms. The van der Waals surface area contributed by atoms with Gasteiger partial charge in [0.15, 0.2) is 18.9 Å². The average Bonchev–Trinajstić information content (AvgIpc) is 0.780. The molecule has 3 saturated heterocycles. The Bertz CT molecular complexity index is 2030. The van der Waals surface area contributed by atoms with E-state index in [1.54, 1.807) is 6.08 Å². The molecule has 3 heterocycles. The maximum Gasteiger partial charge on any atom is 0.220 e. The molecule has 1 amide bonds. The number of amides is 1. The van der Waals surface area contributed by atoms with Gasteiger partial charge in [0, 0.05) is 6.42 Å². The van der Waals surface area contributed by atoms with Gasteiger partial charge in [-0.2, -0.15) is 0 Å². The van der Waals surface area contributed by atoms with Crippen molar-refractivity contribution in [3.05, 3.63) is 36.5 Å². The van der Waals surface area contributed by atoms with Crippen LogP contribution in [0.3, 0.4) is 0 Å². The van der Waals surface area contributed by atoms with E-state index >= 15 is 0 Å². The molecule has 0 aliphatic carbocycles. The Hall–Kier alpha value is -1.99. The van der Waals surface area contributed by atoms with Crippen molar-refractivity contribution in [3.63, 3.8) is 0 Å². The summed E-state index contributed by atoms with van der Waals surface area (Å²) in [5.74, 6) is -0.282. The Morgan fingerprint density at radius 3 is 0.952 bits per heavy atom. The van der Waals surface area contributed by atoms with Gasteiger partial charge in [-0.15, -0.1) is 0 Å².